The Hall–Kier alpha value is -3.15. The highest BCUT2D eigenvalue weighted by molar-refractivity contribution is 7.92. The maximum Gasteiger partial charge on any atom is 0.229 e. The van der Waals surface area contributed by atoms with E-state index in [1.165, 1.54) is 7.11 Å². The molecule has 1 aromatic carbocycles. The van der Waals surface area contributed by atoms with E-state index < -0.39 is 10.0 Å². The number of hydrogen-bond acceptors (Lipinski definition) is 6. The minimum atomic E-state index is -3.52. The molecule has 0 aliphatic carbocycles. The van der Waals surface area contributed by atoms with E-state index in [1.54, 1.807) is 18.3 Å². The van der Waals surface area contributed by atoms with Crippen molar-refractivity contribution < 1.29 is 17.9 Å². The number of nitrogens with zero attached hydrogens (tertiary/aromatic N) is 3. The smallest absolute Gasteiger partial charge is 0.229 e. The molecular weight excluding hydrogens is 498 g/mol. The molecule has 4 heterocycles. The summed E-state index contributed by atoms with van der Waals surface area (Å²) in [5.41, 5.74) is 2.99. The van der Waals surface area contributed by atoms with Crippen LogP contribution < -0.4 is 19.7 Å². The largest absolute Gasteiger partial charge is 0.495 e. The van der Waals surface area contributed by atoms with Crippen molar-refractivity contribution in [3.8, 4) is 5.75 Å². The van der Waals surface area contributed by atoms with Crippen molar-refractivity contribution in [1.29, 1.82) is 0 Å². The molecule has 5 rings (SSSR count). The minimum Gasteiger partial charge on any atom is -0.495 e. The first-order valence-corrected chi connectivity index (χ1v) is 14.1. The molecule has 2 aromatic heterocycles. The second-order valence-corrected chi connectivity index (χ2v) is 11.1. The molecule has 0 spiro atoms. The lowest BCUT2D eigenvalue weighted by Gasteiger charge is -2.30. The molecule has 3 atom stereocenters. The van der Waals surface area contributed by atoms with Gasteiger partial charge in [0.25, 0.3) is 0 Å². The van der Waals surface area contributed by atoms with Crippen molar-refractivity contribution in [1.82, 2.24) is 14.9 Å². The van der Waals surface area contributed by atoms with Crippen LogP contribution in [0.3, 0.4) is 0 Å². The van der Waals surface area contributed by atoms with Gasteiger partial charge in [-0.2, -0.15) is 0 Å². The normalized spacial score (nSPS) is 22.0. The predicted octanol–water partition coefficient (Wildman–Crippen LogP) is 3.62. The number of methoxy groups -OCH3 is 1. The Kier molecular flexibility index (Phi) is 6.87. The first kappa shape index (κ1) is 24.5. The summed E-state index contributed by atoms with van der Waals surface area (Å²) in [7, 11) is -2.02. The second-order valence-electron chi connectivity index (χ2n) is 8.98. The summed E-state index contributed by atoms with van der Waals surface area (Å²) in [5.74, 6) is 0.418. The third-order valence-corrected chi connectivity index (χ3v) is 7.35. The number of hydrogen-bond donors (Lipinski definition) is 2. The van der Waals surface area contributed by atoms with E-state index in [2.05, 4.69) is 31.9 Å². The van der Waals surface area contributed by atoms with Gasteiger partial charge in [-0.1, -0.05) is 6.07 Å². The number of sulfonamides is 1. The number of nitrogens with one attached hydrogen (secondary N) is 2. The Morgan fingerprint density at radius 3 is 2.81 bits per heavy atom. The van der Waals surface area contributed by atoms with Gasteiger partial charge in [-0.05, 0) is 67.5 Å². The number of anilines is 2. The van der Waals surface area contributed by atoms with Crippen molar-refractivity contribution in [2.75, 3.05) is 29.6 Å². The molecule has 3 aromatic rings. The van der Waals surface area contributed by atoms with E-state index in [9.17, 15) is 8.42 Å². The summed E-state index contributed by atoms with van der Waals surface area (Å²) in [6, 6.07) is 14.9. The molecule has 0 amide bonds. The number of thiocarbonyl (C=S) groups is 1. The molecule has 2 saturated heterocycles. The van der Waals surface area contributed by atoms with Crippen molar-refractivity contribution in [3.05, 3.63) is 72.3 Å². The zero-order valence-corrected chi connectivity index (χ0v) is 21.8. The molecule has 0 radical (unpaired) electrons. The van der Waals surface area contributed by atoms with Gasteiger partial charge in [0.1, 0.15) is 11.8 Å². The Morgan fingerprint density at radius 2 is 2.11 bits per heavy atom. The Bertz CT molecular complexity index is 1340. The highest BCUT2D eigenvalue weighted by Gasteiger charge is 2.42. The molecule has 2 aliphatic heterocycles. The van der Waals surface area contributed by atoms with Crippen molar-refractivity contribution >= 4 is 38.7 Å². The van der Waals surface area contributed by atoms with E-state index >= 15 is 0 Å². The summed E-state index contributed by atoms with van der Waals surface area (Å²) in [4.78, 5) is 6.63. The third-order valence-electron chi connectivity index (χ3n) is 6.45. The van der Waals surface area contributed by atoms with E-state index in [-0.39, 0.29) is 18.2 Å². The van der Waals surface area contributed by atoms with Gasteiger partial charge >= 0.3 is 0 Å². The van der Waals surface area contributed by atoms with Gasteiger partial charge in [0.2, 0.25) is 10.0 Å². The number of ether oxygens (including phenoxy) is 2. The minimum absolute atomic E-state index is 0.172. The van der Waals surface area contributed by atoms with Crippen LogP contribution in [0.5, 0.6) is 5.75 Å². The van der Waals surface area contributed by atoms with E-state index in [4.69, 9.17) is 21.7 Å². The number of aromatic nitrogens is 2. The van der Waals surface area contributed by atoms with Gasteiger partial charge in [0.05, 0.1) is 36.9 Å². The van der Waals surface area contributed by atoms with E-state index in [0.717, 1.165) is 49.3 Å². The first-order valence-electron chi connectivity index (χ1n) is 11.8. The van der Waals surface area contributed by atoms with E-state index in [0.29, 0.717) is 16.5 Å². The topological polar surface area (TPSA) is 97.7 Å². The van der Waals surface area contributed by atoms with Crippen LogP contribution in [0.4, 0.5) is 11.4 Å². The Labute approximate surface area is 216 Å². The van der Waals surface area contributed by atoms with E-state index in [1.807, 2.05) is 35.2 Å². The Morgan fingerprint density at radius 1 is 1.25 bits per heavy atom. The lowest BCUT2D eigenvalue weighted by Crippen LogP contribution is -2.31. The van der Waals surface area contributed by atoms with Crippen LogP contribution in [-0.2, 0) is 21.3 Å². The van der Waals surface area contributed by atoms with Crippen LogP contribution >= 0.6 is 12.2 Å². The van der Waals surface area contributed by atoms with Crippen molar-refractivity contribution in [2.24, 2.45) is 0 Å². The second kappa shape index (κ2) is 10.1. The summed E-state index contributed by atoms with van der Waals surface area (Å²) in [6.07, 6.45) is 7.22. The van der Waals surface area contributed by atoms with Crippen LogP contribution in [0.1, 0.15) is 36.3 Å². The zero-order chi connectivity index (χ0) is 25.3. The lowest BCUT2D eigenvalue weighted by atomic mass is 10.0. The van der Waals surface area contributed by atoms with Crippen LogP contribution in [0.15, 0.2) is 60.9 Å². The lowest BCUT2D eigenvalue weighted by molar-refractivity contribution is 0.0961. The summed E-state index contributed by atoms with van der Waals surface area (Å²) in [6.45, 7) is 1.54. The van der Waals surface area contributed by atoms with Crippen LogP contribution in [0.2, 0.25) is 0 Å². The average Bonchev–Trinajstić information content (AvgIpc) is 3.59. The maximum atomic E-state index is 12.0. The zero-order valence-electron chi connectivity index (χ0n) is 20.1. The fourth-order valence-electron chi connectivity index (χ4n) is 4.93. The van der Waals surface area contributed by atoms with Crippen molar-refractivity contribution in [3.63, 3.8) is 0 Å². The molecule has 0 saturated carbocycles. The third kappa shape index (κ3) is 5.04. The molecular formula is C25H29N5O4S2. The highest BCUT2D eigenvalue weighted by Crippen LogP contribution is 2.43. The van der Waals surface area contributed by atoms with Gasteiger partial charge < -0.3 is 24.3 Å². The summed E-state index contributed by atoms with van der Waals surface area (Å²) in [5, 5.41) is 3.98. The summed E-state index contributed by atoms with van der Waals surface area (Å²) >= 11 is 5.83. The molecule has 9 nitrogen and oxygen atoms in total. The van der Waals surface area contributed by atoms with Gasteiger partial charge in [0.15, 0.2) is 5.11 Å². The first-order chi connectivity index (χ1) is 17.3. The van der Waals surface area contributed by atoms with Crippen LogP contribution in [0, 0.1) is 0 Å². The molecule has 2 aliphatic rings. The standard InChI is InChI=1S/C25H29N5O4S2/c1-33-22-11-10-17(15-20(22)28-36(2,31)32)30-24(23(27-25(30)35)19-8-3-4-12-26-19)21-9-5-13-29(21)16-18-7-6-14-34-18/h3-5,8-13,15,18,23-24,28H,6-7,14,16H2,1-2H3,(H,27,35)/t18-,23-,24-/m0/s1. The molecule has 2 fully saturated rings. The number of pyridine rings is 1. The SMILES string of the molecule is COc1ccc(N2C(=S)N[C@@H](c3ccccn3)[C@@H]2c2cccn2C[C@@H]2CCCO2)cc1NS(C)(=O)=O. The molecule has 2 N–H and O–H groups in total. The highest BCUT2D eigenvalue weighted by atomic mass is 32.2. The van der Waals surface area contributed by atoms with Gasteiger partial charge in [-0.3, -0.25) is 9.71 Å². The summed E-state index contributed by atoms with van der Waals surface area (Å²) < 4.78 is 40.1. The molecule has 0 unspecified atom stereocenters. The number of benzene rings is 1. The maximum absolute atomic E-state index is 12.0. The average molecular weight is 528 g/mol. The fraction of sp³-hybridized carbons (Fsp3) is 0.360. The predicted molar refractivity (Wildman–Crippen MR) is 143 cm³/mol. The van der Waals surface area contributed by atoms with Crippen LogP contribution in [-0.4, -0.2) is 49.2 Å². The van der Waals surface area contributed by atoms with Gasteiger partial charge in [-0.25, -0.2) is 8.42 Å². The monoisotopic (exact) mass is 527 g/mol. The van der Waals surface area contributed by atoms with Crippen molar-refractivity contribution in [2.45, 2.75) is 37.6 Å². The molecule has 0 bridgehead atoms. The molecule has 36 heavy (non-hydrogen) atoms. The van der Waals surface area contributed by atoms with Gasteiger partial charge in [0, 0.05) is 36.9 Å². The quantitative estimate of drug-likeness (QED) is 0.429. The molecule has 190 valence electrons. The number of rotatable bonds is 8. The Balaban J connectivity index is 1.59. The van der Waals surface area contributed by atoms with Gasteiger partial charge in [-0.15, -0.1) is 0 Å². The van der Waals surface area contributed by atoms with Crippen LogP contribution in [0.25, 0.3) is 0 Å². The molecule has 11 heteroatoms. The fourth-order valence-corrected chi connectivity index (χ4v) is 5.83.